The standard InChI is InChI=1S/C13H17N3O/c1-4-7-11-14-12(13(17)15(2)3)10-8-5-6-9-16(10)11/h5-6,8-9H,4,7H2,1-3H3. The van der Waals surface area contributed by atoms with Crippen molar-refractivity contribution in [3.05, 3.63) is 35.9 Å². The summed E-state index contributed by atoms with van der Waals surface area (Å²) in [6.07, 6.45) is 3.86. The second-order valence-electron chi connectivity index (χ2n) is 4.28. The molecule has 0 aliphatic heterocycles. The van der Waals surface area contributed by atoms with Crippen molar-refractivity contribution < 1.29 is 4.79 Å². The van der Waals surface area contributed by atoms with Gasteiger partial charge in [-0.25, -0.2) is 4.98 Å². The number of pyridine rings is 1. The molecular weight excluding hydrogens is 214 g/mol. The van der Waals surface area contributed by atoms with Crippen molar-refractivity contribution in [3.63, 3.8) is 0 Å². The molecule has 0 aromatic carbocycles. The van der Waals surface area contributed by atoms with E-state index in [4.69, 9.17) is 0 Å². The predicted molar refractivity (Wildman–Crippen MR) is 67.2 cm³/mol. The number of aromatic nitrogens is 2. The molecule has 0 saturated carbocycles. The van der Waals surface area contributed by atoms with Gasteiger partial charge in [-0.1, -0.05) is 13.0 Å². The average molecular weight is 231 g/mol. The van der Waals surface area contributed by atoms with Crippen LogP contribution < -0.4 is 0 Å². The largest absolute Gasteiger partial charge is 0.343 e. The molecule has 2 heterocycles. The number of nitrogens with zero attached hydrogens (tertiary/aromatic N) is 3. The van der Waals surface area contributed by atoms with Crippen molar-refractivity contribution in [2.75, 3.05) is 14.1 Å². The van der Waals surface area contributed by atoms with Crippen molar-refractivity contribution in [1.82, 2.24) is 14.3 Å². The minimum atomic E-state index is -0.0453. The lowest BCUT2D eigenvalue weighted by molar-refractivity contribution is 0.0824. The third-order valence-corrected chi connectivity index (χ3v) is 2.70. The van der Waals surface area contributed by atoms with Crippen LogP contribution in [0, 0.1) is 0 Å². The predicted octanol–water partition coefficient (Wildman–Crippen LogP) is 1.99. The minimum Gasteiger partial charge on any atom is -0.343 e. The zero-order chi connectivity index (χ0) is 12.4. The molecular formula is C13H17N3O. The molecule has 4 nitrogen and oxygen atoms in total. The van der Waals surface area contributed by atoms with Gasteiger partial charge in [-0.15, -0.1) is 0 Å². The van der Waals surface area contributed by atoms with E-state index in [0.717, 1.165) is 24.2 Å². The zero-order valence-corrected chi connectivity index (χ0v) is 10.5. The van der Waals surface area contributed by atoms with Crippen LogP contribution in [0.3, 0.4) is 0 Å². The summed E-state index contributed by atoms with van der Waals surface area (Å²) >= 11 is 0. The normalized spacial score (nSPS) is 10.8. The Morgan fingerprint density at radius 1 is 1.41 bits per heavy atom. The van der Waals surface area contributed by atoms with Crippen LogP contribution in [0.5, 0.6) is 0 Å². The van der Waals surface area contributed by atoms with E-state index in [0.29, 0.717) is 5.69 Å². The van der Waals surface area contributed by atoms with Crippen molar-refractivity contribution in [1.29, 1.82) is 0 Å². The molecule has 0 N–H and O–H groups in total. The van der Waals surface area contributed by atoms with Gasteiger partial charge >= 0.3 is 0 Å². The lowest BCUT2D eigenvalue weighted by Gasteiger charge is -2.07. The summed E-state index contributed by atoms with van der Waals surface area (Å²) in [5, 5.41) is 0. The third kappa shape index (κ3) is 2.02. The molecule has 0 atom stereocenters. The van der Waals surface area contributed by atoms with E-state index in [9.17, 15) is 4.79 Å². The maximum atomic E-state index is 12.0. The Kier molecular flexibility index (Phi) is 3.13. The van der Waals surface area contributed by atoms with E-state index in [1.54, 1.807) is 19.0 Å². The summed E-state index contributed by atoms with van der Waals surface area (Å²) in [5.74, 6) is 0.907. The topological polar surface area (TPSA) is 37.6 Å². The Bertz CT molecular complexity index is 543. The maximum Gasteiger partial charge on any atom is 0.274 e. The smallest absolute Gasteiger partial charge is 0.274 e. The fraction of sp³-hybridized carbons (Fsp3) is 0.385. The lowest BCUT2D eigenvalue weighted by atomic mass is 10.3. The molecule has 0 saturated heterocycles. The fourth-order valence-electron chi connectivity index (χ4n) is 1.87. The van der Waals surface area contributed by atoms with Crippen molar-refractivity contribution >= 4 is 11.4 Å². The van der Waals surface area contributed by atoms with Crippen molar-refractivity contribution in [2.24, 2.45) is 0 Å². The van der Waals surface area contributed by atoms with Gasteiger partial charge in [0.2, 0.25) is 0 Å². The molecule has 0 aliphatic rings. The number of carbonyl (C=O) groups excluding carboxylic acids is 1. The number of rotatable bonds is 3. The molecule has 2 aromatic rings. The van der Waals surface area contributed by atoms with Crippen LogP contribution in [0.4, 0.5) is 0 Å². The van der Waals surface area contributed by atoms with Gasteiger partial charge in [0, 0.05) is 26.7 Å². The summed E-state index contributed by atoms with van der Waals surface area (Å²) < 4.78 is 2.00. The highest BCUT2D eigenvalue weighted by Crippen LogP contribution is 2.15. The van der Waals surface area contributed by atoms with Gasteiger partial charge in [0.25, 0.3) is 5.91 Å². The summed E-state index contributed by atoms with van der Waals surface area (Å²) in [4.78, 5) is 18.1. The van der Waals surface area contributed by atoms with Crippen LogP contribution in [0.25, 0.3) is 5.52 Å². The first-order valence-corrected chi connectivity index (χ1v) is 5.82. The Morgan fingerprint density at radius 2 is 2.18 bits per heavy atom. The average Bonchev–Trinajstić information content (AvgIpc) is 2.68. The molecule has 0 spiro atoms. The molecule has 0 aliphatic carbocycles. The molecule has 0 bridgehead atoms. The molecule has 2 rings (SSSR count). The highest BCUT2D eigenvalue weighted by Gasteiger charge is 2.17. The van der Waals surface area contributed by atoms with Crippen LogP contribution in [0.15, 0.2) is 24.4 Å². The summed E-state index contributed by atoms with van der Waals surface area (Å²) in [7, 11) is 3.49. The van der Waals surface area contributed by atoms with E-state index < -0.39 is 0 Å². The highest BCUT2D eigenvalue weighted by molar-refractivity contribution is 5.98. The van der Waals surface area contributed by atoms with E-state index in [-0.39, 0.29) is 5.91 Å². The van der Waals surface area contributed by atoms with Gasteiger partial charge in [-0.2, -0.15) is 0 Å². The zero-order valence-electron chi connectivity index (χ0n) is 10.5. The first-order valence-electron chi connectivity index (χ1n) is 5.82. The van der Waals surface area contributed by atoms with Crippen LogP contribution in [0.2, 0.25) is 0 Å². The Morgan fingerprint density at radius 3 is 2.82 bits per heavy atom. The summed E-state index contributed by atoms with van der Waals surface area (Å²) in [5.41, 5.74) is 1.42. The summed E-state index contributed by atoms with van der Waals surface area (Å²) in [6, 6.07) is 5.82. The molecule has 0 fully saturated rings. The second-order valence-corrected chi connectivity index (χ2v) is 4.28. The lowest BCUT2D eigenvalue weighted by Crippen LogP contribution is -2.22. The molecule has 2 aromatic heterocycles. The number of imidazole rings is 1. The third-order valence-electron chi connectivity index (χ3n) is 2.70. The number of fused-ring (bicyclic) bond motifs is 1. The van der Waals surface area contributed by atoms with Crippen LogP contribution in [-0.4, -0.2) is 34.3 Å². The first-order chi connectivity index (χ1) is 8.15. The van der Waals surface area contributed by atoms with Crippen molar-refractivity contribution in [2.45, 2.75) is 19.8 Å². The number of hydrogen-bond acceptors (Lipinski definition) is 2. The molecule has 1 amide bonds. The second kappa shape index (κ2) is 4.57. The van der Waals surface area contributed by atoms with Gasteiger partial charge in [-0.05, 0) is 18.6 Å². The highest BCUT2D eigenvalue weighted by atomic mass is 16.2. The molecule has 0 radical (unpaired) electrons. The number of aryl methyl sites for hydroxylation is 1. The Balaban J connectivity index is 2.60. The summed E-state index contributed by atoms with van der Waals surface area (Å²) in [6.45, 7) is 2.11. The molecule has 4 heteroatoms. The van der Waals surface area contributed by atoms with E-state index >= 15 is 0 Å². The number of hydrogen-bond donors (Lipinski definition) is 0. The fourth-order valence-corrected chi connectivity index (χ4v) is 1.87. The molecule has 90 valence electrons. The van der Waals surface area contributed by atoms with Gasteiger partial charge in [0.1, 0.15) is 5.82 Å². The van der Waals surface area contributed by atoms with Crippen molar-refractivity contribution in [3.8, 4) is 0 Å². The van der Waals surface area contributed by atoms with Crippen LogP contribution in [0.1, 0.15) is 29.7 Å². The van der Waals surface area contributed by atoms with E-state index in [2.05, 4.69) is 11.9 Å². The number of carbonyl (C=O) groups is 1. The maximum absolute atomic E-state index is 12.0. The monoisotopic (exact) mass is 231 g/mol. The van der Waals surface area contributed by atoms with Crippen LogP contribution in [-0.2, 0) is 6.42 Å². The number of amides is 1. The minimum absolute atomic E-state index is 0.0453. The SMILES string of the molecule is CCCc1nc(C(=O)N(C)C)c2ccccn12. The van der Waals surface area contributed by atoms with Gasteiger partial charge in [0.15, 0.2) is 5.69 Å². The quantitative estimate of drug-likeness (QED) is 0.810. The van der Waals surface area contributed by atoms with Gasteiger partial charge < -0.3 is 9.30 Å². The molecule has 0 unspecified atom stereocenters. The van der Waals surface area contributed by atoms with E-state index in [1.165, 1.54) is 0 Å². The van der Waals surface area contributed by atoms with Gasteiger partial charge in [0.05, 0.1) is 5.52 Å². The van der Waals surface area contributed by atoms with Crippen LogP contribution >= 0.6 is 0 Å². The van der Waals surface area contributed by atoms with Gasteiger partial charge in [-0.3, -0.25) is 4.79 Å². The Labute approximate surface area is 101 Å². The van der Waals surface area contributed by atoms with E-state index in [1.807, 2.05) is 28.8 Å². The first kappa shape index (κ1) is 11.6. The molecule has 17 heavy (non-hydrogen) atoms. The Hall–Kier alpha value is -1.84.